The molecule has 3 heteroatoms. The molecule has 0 saturated heterocycles. The number of aromatic carboxylic acids is 1. The summed E-state index contributed by atoms with van der Waals surface area (Å²) in [5.41, 5.74) is 2.94. The summed E-state index contributed by atoms with van der Waals surface area (Å²) < 4.78 is 0. The molecule has 122 valence electrons. The van der Waals surface area contributed by atoms with Crippen molar-refractivity contribution in [1.82, 2.24) is 0 Å². The third kappa shape index (κ3) is 2.02. The van der Waals surface area contributed by atoms with E-state index in [2.05, 4.69) is 6.92 Å². The van der Waals surface area contributed by atoms with E-state index in [0.717, 1.165) is 44.9 Å². The van der Waals surface area contributed by atoms with Crippen molar-refractivity contribution in [1.29, 1.82) is 0 Å². The number of carboxylic acid groups (broad SMARTS) is 1. The van der Waals surface area contributed by atoms with Gasteiger partial charge >= 0.3 is 5.97 Å². The molecule has 3 nitrogen and oxygen atoms in total. The van der Waals surface area contributed by atoms with Crippen LogP contribution < -0.4 is 0 Å². The van der Waals surface area contributed by atoms with Gasteiger partial charge < -0.3 is 5.11 Å². The second kappa shape index (κ2) is 5.19. The molecular weight excluding hydrogens is 288 g/mol. The van der Waals surface area contributed by atoms with E-state index in [0.29, 0.717) is 29.1 Å². The van der Waals surface area contributed by atoms with Crippen molar-refractivity contribution in [2.24, 2.45) is 17.3 Å². The number of carbonyl (C=O) groups is 2. The van der Waals surface area contributed by atoms with Crippen LogP contribution in [0.4, 0.5) is 0 Å². The second-order valence-corrected chi connectivity index (χ2v) is 7.64. The lowest BCUT2D eigenvalue weighted by atomic mass is 9.54. The molecule has 3 aliphatic rings. The van der Waals surface area contributed by atoms with Crippen LogP contribution in [0.5, 0.6) is 0 Å². The van der Waals surface area contributed by atoms with Gasteiger partial charge in [0.25, 0.3) is 0 Å². The van der Waals surface area contributed by atoms with Crippen LogP contribution in [-0.2, 0) is 11.2 Å². The van der Waals surface area contributed by atoms with Crippen LogP contribution in [0.2, 0.25) is 0 Å². The van der Waals surface area contributed by atoms with Gasteiger partial charge in [-0.15, -0.1) is 0 Å². The predicted octanol–water partition coefficient (Wildman–Crippen LogP) is 4.20. The van der Waals surface area contributed by atoms with E-state index in [1.54, 1.807) is 6.07 Å². The number of carboxylic acids is 1. The summed E-state index contributed by atoms with van der Waals surface area (Å²) in [5, 5.41) is 9.20. The molecule has 2 fully saturated rings. The summed E-state index contributed by atoms with van der Waals surface area (Å²) in [4.78, 5) is 23.7. The molecule has 4 rings (SSSR count). The van der Waals surface area contributed by atoms with Crippen LogP contribution in [0.3, 0.4) is 0 Å². The maximum absolute atomic E-state index is 12.5. The molecule has 3 aliphatic carbocycles. The molecule has 0 heterocycles. The average Bonchev–Trinajstić information content (AvgIpc) is 2.91. The molecule has 0 aromatic heterocycles. The van der Waals surface area contributed by atoms with Crippen molar-refractivity contribution < 1.29 is 14.7 Å². The largest absolute Gasteiger partial charge is 0.478 e. The van der Waals surface area contributed by atoms with E-state index in [1.807, 2.05) is 12.1 Å². The summed E-state index contributed by atoms with van der Waals surface area (Å²) in [7, 11) is 0. The third-order valence-corrected chi connectivity index (χ3v) is 7.05. The fourth-order valence-corrected chi connectivity index (χ4v) is 5.94. The maximum atomic E-state index is 12.5. The normalized spacial score (nSPS) is 35.3. The molecule has 0 amide bonds. The van der Waals surface area contributed by atoms with Crippen LogP contribution in [0.15, 0.2) is 18.2 Å². The number of fused-ring (bicyclic) bond motifs is 5. The zero-order chi connectivity index (χ0) is 16.2. The predicted molar refractivity (Wildman–Crippen MR) is 87.6 cm³/mol. The third-order valence-electron chi connectivity index (χ3n) is 7.05. The van der Waals surface area contributed by atoms with Crippen molar-refractivity contribution in [3.63, 3.8) is 0 Å². The minimum atomic E-state index is -0.843. The minimum Gasteiger partial charge on any atom is -0.478 e. The number of hydrogen-bond acceptors (Lipinski definition) is 2. The van der Waals surface area contributed by atoms with Gasteiger partial charge in [0.1, 0.15) is 5.78 Å². The first-order valence-corrected chi connectivity index (χ1v) is 8.96. The van der Waals surface area contributed by atoms with Crippen molar-refractivity contribution in [3.05, 3.63) is 34.9 Å². The number of benzene rings is 1. The second-order valence-electron chi connectivity index (χ2n) is 7.64. The Bertz CT molecular complexity index is 677. The highest BCUT2D eigenvalue weighted by Crippen LogP contribution is 2.60. The lowest BCUT2D eigenvalue weighted by Gasteiger charge is -2.49. The van der Waals surface area contributed by atoms with E-state index in [9.17, 15) is 14.7 Å². The topological polar surface area (TPSA) is 54.4 Å². The average molecular weight is 312 g/mol. The lowest BCUT2D eigenvalue weighted by Crippen LogP contribution is -2.44. The Morgan fingerprint density at radius 3 is 2.83 bits per heavy atom. The minimum absolute atomic E-state index is 0.0420. The fourth-order valence-electron chi connectivity index (χ4n) is 5.94. The van der Waals surface area contributed by atoms with E-state index in [1.165, 1.54) is 11.1 Å². The summed E-state index contributed by atoms with van der Waals surface area (Å²) in [6, 6.07) is 5.67. The number of aryl methyl sites for hydroxylation is 1. The Morgan fingerprint density at radius 2 is 2.09 bits per heavy atom. The molecular formula is C20H24O3. The number of hydrogen-bond donors (Lipinski definition) is 1. The molecule has 1 aromatic carbocycles. The molecule has 4 atom stereocenters. The lowest BCUT2D eigenvalue weighted by molar-refractivity contribution is -0.131. The Labute approximate surface area is 137 Å². The van der Waals surface area contributed by atoms with Gasteiger partial charge in [-0.3, -0.25) is 4.79 Å². The highest BCUT2D eigenvalue weighted by atomic mass is 16.4. The molecule has 1 aromatic rings. The van der Waals surface area contributed by atoms with Gasteiger partial charge in [0, 0.05) is 11.8 Å². The van der Waals surface area contributed by atoms with E-state index in [4.69, 9.17) is 0 Å². The molecule has 0 spiro atoms. The molecule has 0 unspecified atom stereocenters. The van der Waals surface area contributed by atoms with Gasteiger partial charge in [0.15, 0.2) is 0 Å². The van der Waals surface area contributed by atoms with Gasteiger partial charge in [0.05, 0.1) is 5.56 Å². The van der Waals surface area contributed by atoms with Gasteiger partial charge in [-0.1, -0.05) is 13.0 Å². The molecule has 0 aliphatic heterocycles. The maximum Gasteiger partial charge on any atom is 0.335 e. The van der Waals surface area contributed by atoms with Crippen molar-refractivity contribution in [2.45, 2.75) is 57.8 Å². The van der Waals surface area contributed by atoms with Gasteiger partial charge in [-0.25, -0.2) is 4.79 Å². The number of carbonyl (C=O) groups excluding carboxylic acids is 1. The Hall–Kier alpha value is -1.64. The van der Waals surface area contributed by atoms with Crippen molar-refractivity contribution in [2.75, 3.05) is 0 Å². The van der Waals surface area contributed by atoms with Crippen LogP contribution >= 0.6 is 0 Å². The van der Waals surface area contributed by atoms with Crippen molar-refractivity contribution in [3.8, 4) is 0 Å². The summed E-state index contributed by atoms with van der Waals surface area (Å²) in [6.45, 7) is 2.19. The Kier molecular flexibility index (Phi) is 3.36. The summed E-state index contributed by atoms with van der Waals surface area (Å²) in [6.07, 6.45) is 7.00. The molecule has 1 N–H and O–H groups in total. The van der Waals surface area contributed by atoms with Crippen molar-refractivity contribution >= 4 is 11.8 Å². The zero-order valence-electron chi connectivity index (χ0n) is 13.7. The van der Waals surface area contributed by atoms with Crippen LogP contribution in [0.25, 0.3) is 0 Å². The van der Waals surface area contributed by atoms with Crippen LogP contribution in [0, 0.1) is 17.3 Å². The van der Waals surface area contributed by atoms with E-state index in [-0.39, 0.29) is 5.41 Å². The quantitative estimate of drug-likeness (QED) is 0.890. The van der Waals surface area contributed by atoms with E-state index < -0.39 is 5.97 Å². The molecule has 0 radical (unpaired) electrons. The highest BCUT2D eigenvalue weighted by Gasteiger charge is 2.56. The van der Waals surface area contributed by atoms with Crippen LogP contribution in [-0.4, -0.2) is 16.9 Å². The van der Waals surface area contributed by atoms with Gasteiger partial charge in [0.2, 0.25) is 0 Å². The SMILES string of the molecule is CC[C@]12CC[C@@H]3c4ccc(C(=O)O)cc4CC[C@H]3[C@@H]1CCC2=O. The number of ketones is 1. The first-order valence-electron chi connectivity index (χ1n) is 8.96. The summed E-state index contributed by atoms with van der Waals surface area (Å²) >= 11 is 0. The Morgan fingerprint density at radius 1 is 1.26 bits per heavy atom. The number of Topliss-reactive ketones (excluding diaryl/α,β-unsaturated/α-hetero) is 1. The first kappa shape index (κ1) is 14.9. The first-order chi connectivity index (χ1) is 11.1. The molecule has 23 heavy (non-hydrogen) atoms. The van der Waals surface area contributed by atoms with E-state index >= 15 is 0 Å². The summed E-state index contributed by atoms with van der Waals surface area (Å²) in [5.74, 6) is 1.35. The van der Waals surface area contributed by atoms with Gasteiger partial charge in [-0.05, 0) is 79.5 Å². The molecule has 2 saturated carbocycles. The fraction of sp³-hybridized carbons (Fsp3) is 0.600. The monoisotopic (exact) mass is 312 g/mol. The smallest absolute Gasteiger partial charge is 0.335 e. The zero-order valence-corrected chi connectivity index (χ0v) is 13.7. The highest BCUT2D eigenvalue weighted by molar-refractivity contribution is 5.88. The van der Waals surface area contributed by atoms with Crippen LogP contribution in [0.1, 0.15) is 72.9 Å². The number of rotatable bonds is 2. The molecule has 0 bridgehead atoms. The Balaban J connectivity index is 1.70. The standard InChI is InChI=1S/C20H24O3/c1-2-20-10-9-15-14-5-4-13(19(22)23)11-12(14)3-6-16(15)17(20)7-8-18(20)21/h4-5,11,15-17H,2-3,6-10H2,1H3,(H,22,23)/t15-,16-,17+,20+/m1/s1. The van der Waals surface area contributed by atoms with Gasteiger partial charge in [-0.2, -0.15) is 0 Å².